The molecule has 3 rings (SSSR count). The van der Waals surface area contributed by atoms with E-state index in [1.54, 1.807) is 12.1 Å². The van der Waals surface area contributed by atoms with Crippen molar-refractivity contribution in [3.63, 3.8) is 0 Å². The molecular weight excluding hydrogens is 330 g/mol. The molecule has 2 aliphatic rings. The highest BCUT2D eigenvalue weighted by Crippen LogP contribution is 2.32. The van der Waals surface area contributed by atoms with E-state index in [0.717, 1.165) is 32.5 Å². The van der Waals surface area contributed by atoms with Crippen LogP contribution in [0.3, 0.4) is 0 Å². The maximum Gasteiger partial charge on any atom is 0.255 e. The molecule has 3 heterocycles. The van der Waals surface area contributed by atoms with Gasteiger partial charge in [0.25, 0.3) is 5.91 Å². The van der Waals surface area contributed by atoms with E-state index < -0.39 is 0 Å². The number of nitriles is 1. The van der Waals surface area contributed by atoms with Crippen molar-refractivity contribution in [1.29, 1.82) is 5.26 Å². The average molecular weight is 355 g/mol. The average Bonchev–Trinajstić information content (AvgIpc) is 2.83. The summed E-state index contributed by atoms with van der Waals surface area (Å²) in [7, 11) is 2.09. The lowest BCUT2D eigenvalue weighted by atomic mass is 9.86. The monoisotopic (exact) mass is 355 g/mol. The van der Waals surface area contributed by atoms with Gasteiger partial charge in [0.15, 0.2) is 0 Å². The van der Waals surface area contributed by atoms with Gasteiger partial charge >= 0.3 is 0 Å². The second kappa shape index (κ2) is 7.42. The van der Waals surface area contributed by atoms with Crippen molar-refractivity contribution in [2.75, 3.05) is 39.8 Å². The van der Waals surface area contributed by atoms with Gasteiger partial charge in [-0.1, -0.05) is 0 Å². The van der Waals surface area contributed by atoms with E-state index in [0.29, 0.717) is 30.8 Å². The third-order valence-electron chi connectivity index (χ3n) is 5.80. The number of hydrogen-bond donors (Lipinski definition) is 0. The van der Waals surface area contributed by atoms with Crippen LogP contribution < -0.4 is 0 Å². The highest BCUT2D eigenvalue weighted by atomic mass is 16.2. The van der Waals surface area contributed by atoms with Gasteiger partial charge in [-0.05, 0) is 38.9 Å². The summed E-state index contributed by atoms with van der Waals surface area (Å²) in [5.41, 5.74) is 0.648. The molecule has 1 spiro atoms. The Morgan fingerprint density at radius 3 is 2.77 bits per heavy atom. The zero-order valence-corrected chi connectivity index (χ0v) is 15.4. The first-order valence-corrected chi connectivity index (χ1v) is 9.13. The van der Waals surface area contributed by atoms with Crippen molar-refractivity contribution in [2.24, 2.45) is 0 Å². The van der Waals surface area contributed by atoms with Gasteiger partial charge < -0.3 is 9.80 Å². The molecule has 7 nitrogen and oxygen atoms in total. The summed E-state index contributed by atoms with van der Waals surface area (Å²) < 4.78 is 0. The number of piperazine rings is 1. The molecule has 2 saturated heterocycles. The number of pyridine rings is 1. The molecule has 0 N–H and O–H groups in total. The minimum atomic E-state index is -0.159. The van der Waals surface area contributed by atoms with E-state index in [1.165, 1.54) is 6.20 Å². The number of rotatable bonds is 2. The van der Waals surface area contributed by atoms with E-state index >= 15 is 0 Å². The molecule has 138 valence electrons. The molecule has 26 heavy (non-hydrogen) atoms. The van der Waals surface area contributed by atoms with Crippen molar-refractivity contribution >= 4 is 11.8 Å². The van der Waals surface area contributed by atoms with Crippen LogP contribution in [0.25, 0.3) is 0 Å². The lowest BCUT2D eigenvalue weighted by Crippen LogP contribution is -2.62. The quantitative estimate of drug-likeness (QED) is 0.794. The van der Waals surface area contributed by atoms with Crippen molar-refractivity contribution in [3.05, 3.63) is 29.6 Å². The van der Waals surface area contributed by atoms with E-state index in [4.69, 9.17) is 5.26 Å². The Hall–Kier alpha value is -2.46. The van der Waals surface area contributed by atoms with Gasteiger partial charge in [0.2, 0.25) is 5.91 Å². The Balaban J connectivity index is 1.78. The minimum Gasteiger partial charge on any atom is -0.343 e. The standard InChI is InChI=1S/C19H25N5O2/c1-3-23-9-8-19(7-6-17(23)25)14-24(11-10-22(19)2)18(26)15-4-5-16(12-20)21-13-15/h4-5,13H,3,6-11,14H2,1-2H3. The Bertz CT molecular complexity index is 726. The second-order valence-corrected chi connectivity index (χ2v) is 7.14. The molecule has 0 radical (unpaired) electrons. The van der Waals surface area contributed by atoms with Gasteiger partial charge in [0, 0.05) is 50.9 Å². The lowest BCUT2D eigenvalue weighted by molar-refractivity contribution is -0.130. The lowest BCUT2D eigenvalue weighted by Gasteiger charge is -2.49. The number of aromatic nitrogens is 1. The van der Waals surface area contributed by atoms with Crippen molar-refractivity contribution in [3.8, 4) is 6.07 Å². The number of amides is 2. The topological polar surface area (TPSA) is 80.5 Å². The summed E-state index contributed by atoms with van der Waals surface area (Å²) in [6.45, 7) is 5.54. The smallest absolute Gasteiger partial charge is 0.255 e. The summed E-state index contributed by atoms with van der Waals surface area (Å²) in [6.07, 6.45) is 3.65. The largest absolute Gasteiger partial charge is 0.343 e. The van der Waals surface area contributed by atoms with Gasteiger partial charge in [-0.3, -0.25) is 14.5 Å². The molecule has 2 fully saturated rings. The summed E-state index contributed by atoms with van der Waals surface area (Å²) >= 11 is 0. The van der Waals surface area contributed by atoms with Gasteiger partial charge in [-0.25, -0.2) is 4.98 Å². The first-order valence-electron chi connectivity index (χ1n) is 9.13. The van der Waals surface area contributed by atoms with Crippen molar-refractivity contribution < 1.29 is 9.59 Å². The van der Waals surface area contributed by atoms with Gasteiger partial charge in [-0.2, -0.15) is 5.26 Å². The van der Waals surface area contributed by atoms with Crippen LogP contribution in [-0.4, -0.2) is 76.8 Å². The molecule has 0 aromatic carbocycles. The molecule has 2 aliphatic heterocycles. The number of likely N-dealkylation sites (tertiary alicyclic amines) is 1. The molecular formula is C19H25N5O2. The predicted molar refractivity (Wildman–Crippen MR) is 96.3 cm³/mol. The number of likely N-dealkylation sites (N-methyl/N-ethyl adjacent to an activating group) is 1. The van der Waals surface area contributed by atoms with E-state index in [2.05, 4.69) is 16.9 Å². The zero-order valence-electron chi connectivity index (χ0n) is 15.4. The number of nitrogens with zero attached hydrogens (tertiary/aromatic N) is 5. The minimum absolute atomic E-state index is 0.0580. The fourth-order valence-electron chi connectivity index (χ4n) is 3.97. The third-order valence-corrected chi connectivity index (χ3v) is 5.80. The molecule has 0 saturated carbocycles. The molecule has 1 atom stereocenters. The third kappa shape index (κ3) is 3.42. The molecule has 0 bridgehead atoms. The number of carbonyl (C=O) groups excluding carboxylic acids is 2. The molecule has 2 amide bonds. The van der Waals surface area contributed by atoms with Crippen LogP contribution in [0.15, 0.2) is 18.3 Å². The van der Waals surface area contributed by atoms with E-state index in [1.807, 2.05) is 22.8 Å². The summed E-state index contributed by atoms with van der Waals surface area (Å²) in [4.78, 5) is 35.3. The van der Waals surface area contributed by atoms with E-state index in [9.17, 15) is 9.59 Å². The van der Waals surface area contributed by atoms with E-state index in [-0.39, 0.29) is 17.4 Å². The summed E-state index contributed by atoms with van der Waals surface area (Å²) in [5.74, 6) is 0.148. The zero-order chi connectivity index (χ0) is 18.7. The van der Waals surface area contributed by atoms with Crippen LogP contribution in [0.1, 0.15) is 42.2 Å². The fraction of sp³-hybridized carbons (Fsp3) is 0.579. The van der Waals surface area contributed by atoms with Crippen LogP contribution in [0.2, 0.25) is 0 Å². The molecule has 0 aliphatic carbocycles. The maximum absolute atomic E-state index is 12.9. The number of hydrogen-bond acceptors (Lipinski definition) is 5. The van der Waals surface area contributed by atoms with Crippen LogP contribution in [0.4, 0.5) is 0 Å². The second-order valence-electron chi connectivity index (χ2n) is 7.14. The molecule has 1 unspecified atom stereocenters. The summed E-state index contributed by atoms with van der Waals surface area (Å²) in [6, 6.07) is 5.20. The maximum atomic E-state index is 12.9. The highest BCUT2D eigenvalue weighted by molar-refractivity contribution is 5.94. The fourth-order valence-corrected chi connectivity index (χ4v) is 3.97. The Kier molecular flexibility index (Phi) is 5.23. The van der Waals surface area contributed by atoms with Crippen molar-refractivity contribution in [1.82, 2.24) is 19.7 Å². The molecule has 1 aromatic rings. The SMILES string of the molecule is CCN1CCC2(CCC1=O)CN(C(=O)c1ccc(C#N)nc1)CCN2C. The Labute approximate surface area is 154 Å². The highest BCUT2D eigenvalue weighted by Gasteiger charge is 2.43. The summed E-state index contributed by atoms with van der Waals surface area (Å²) in [5, 5.41) is 8.86. The number of carbonyl (C=O) groups is 2. The van der Waals surface area contributed by atoms with Crippen molar-refractivity contribution in [2.45, 2.75) is 31.7 Å². The first kappa shape index (κ1) is 18.3. The van der Waals surface area contributed by atoms with Crippen LogP contribution in [0, 0.1) is 11.3 Å². The first-order chi connectivity index (χ1) is 12.5. The molecule has 7 heteroatoms. The van der Waals surface area contributed by atoms with Gasteiger partial charge in [0.1, 0.15) is 11.8 Å². The molecule has 1 aromatic heterocycles. The Morgan fingerprint density at radius 2 is 2.12 bits per heavy atom. The Morgan fingerprint density at radius 1 is 1.31 bits per heavy atom. The van der Waals surface area contributed by atoms with Gasteiger partial charge in [-0.15, -0.1) is 0 Å². The van der Waals surface area contributed by atoms with Gasteiger partial charge in [0.05, 0.1) is 5.56 Å². The predicted octanol–water partition coefficient (Wildman–Crippen LogP) is 1.11. The van der Waals surface area contributed by atoms with Crippen LogP contribution in [0.5, 0.6) is 0 Å². The van der Waals surface area contributed by atoms with Crippen LogP contribution >= 0.6 is 0 Å². The van der Waals surface area contributed by atoms with Crippen LogP contribution in [-0.2, 0) is 4.79 Å². The normalized spacial score (nSPS) is 24.4.